The molecule has 5 heteroatoms. The monoisotopic (exact) mass is 260 g/mol. The minimum Gasteiger partial charge on any atom is -0.497 e. The molecule has 18 heavy (non-hydrogen) atoms. The van der Waals surface area contributed by atoms with E-state index in [2.05, 4.69) is 10.6 Å². The van der Waals surface area contributed by atoms with Crippen LogP contribution in [0.2, 0.25) is 0 Å². The molecule has 1 fully saturated rings. The molecule has 1 aromatic carbocycles. The molecule has 92 valence electrons. The summed E-state index contributed by atoms with van der Waals surface area (Å²) in [4.78, 5) is 11.3. The van der Waals surface area contributed by atoms with Crippen LogP contribution in [0, 0.1) is 0 Å². The standard InChI is InChI=1S/C13H12N2O2S/c1-17-10-7-5-9(6-8-10)3-2-4-11-12(16)15-13(18)14-11/h2-8H,1H3,(H2,14,15,16,18)/b3-2+,11-4-. The van der Waals surface area contributed by atoms with Crippen LogP contribution in [-0.2, 0) is 4.79 Å². The Labute approximate surface area is 110 Å². The van der Waals surface area contributed by atoms with E-state index in [0.29, 0.717) is 10.8 Å². The summed E-state index contributed by atoms with van der Waals surface area (Å²) in [5, 5.41) is 5.60. The molecular weight excluding hydrogens is 248 g/mol. The predicted octanol–water partition coefficient (Wildman–Crippen LogP) is 1.60. The van der Waals surface area contributed by atoms with E-state index >= 15 is 0 Å². The van der Waals surface area contributed by atoms with Gasteiger partial charge in [-0.05, 0) is 36.0 Å². The van der Waals surface area contributed by atoms with E-state index in [0.717, 1.165) is 11.3 Å². The van der Waals surface area contributed by atoms with E-state index in [-0.39, 0.29) is 5.91 Å². The van der Waals surface area contributed by atoms with Crippen LogP contribution >= 0.6 is 12.2 Å². The van der Waals surface area contributed by atoms with Gasteiger partial charge in [-0.1, -0.05) is 24.3 Å². The molecule has 0 bridgehead atoms. The van der Waals surface area contributed by atoms with Gasteiger partial charge in [0.2, 0.25) is 0 Å². The molecule has 2 N–H and O–H groups in total. The second-order valence-corrected chi connectivity index (χ2v) is 4.03. The summed E-state index contributed by atoms with van der Waals surface area (Å²) in [7, 11) is 1.63. The van der Waals surface area contributed by atoms with Crippen molar-refractivity contribution >= 4 is 29.3 Å². The Kier molecular flexibility index (Phi) is 3.74. The Morgan fingerprint density at radius 2 is 1.94 bits per heavy atom. The molecular formula is C13H12N2O2S. The first-order valence-corrected chi connectivity index (χ1v) is 5.74. The smallest absolute Gasteiger partial charge is 0.273 e. The summed E-state index contributed by atoms with van der Waals surface area (Å²) >= 11 is 4.82. The van der Waals surface area contributed by atoms with Gasteiger partial charge in [0.25, 0.3) is 5.91 Å². The Bertz CT molecular complexity index is 532. The largest absolute Gasteiger partial charge is 0.497 e. The predicted molar refractivity (Wildman–Crippen MR) is 74.0 cm³/mol. The summed E-state index contributed by atoms with van der Waals surface area (Å²) < 4.78 is 5.07. The highest BCUT2D eigenvalue weighted by Gasteiger charge is 2.18. The van der Waals surface area contributed by atoms with E-state index in [9.17, 15) is 4.79 Å². The van der Waals surface area contributed by atoms with Crippen LogP contribution in [0.15, 0.2) is 42.1 Å². The van der Waals surface area contributed by atoms with Gasteiger partial charge in [-0.25, -0.2) is 0 Å². The van der Waals surface area contributed by atoms with Gasteiger partial charge in [0.1, 0.15) is 11.4 Å². The molecule has 2 rings (SSSR count). The van der Waals surface area contributed by atoms with Crippen LogP contribution in [0.4, 0.5) is 0 Å². The second kappa shape index (κ2) is 5.46. The van der Waals surface area contributed by atoms with Crippen molar-refractivity contribution in [1.29, 1.82) is 0 Å². The van der Waals surface area contributed by atoms with Gasteiger partial charge < -0.3 is 10.1 Å². The number of carbonyl (C=O) groups is 1. The van der Waals surface area contributed by atoms with Gasteiger partial charge in [0.05, 0.1) is 7.11 Å². The second-order valence-electron chi connectivity index (χ2n) is 3.62. The molecule has 0 radical (unpaired) electrons. The van der Waals surface area contributed by atoms with E-state index < -0.39 is 0 Å². The van der Waals surface area contributed by atoms with Crippen LogP contribution in [0.1, 0.15) is 5.56 Å². The highest BCUT2D eigenvalue weighted by molar-refractivity contribution is 7.80. The van der Waals surface area contributed by atoms with Crippen LogP contribution in [0.25, 0.3) is 6.08 Å². The zero-order valence-electron chi connectivity index (χ0n) is 9.77. The molecule has 1 heterocycles. The molecule has 1 aliphatic rings. The van der Waals surface area contributed by atoms with E-state index in [4.69, 9.17) is 17.0 Å². The number of methoxy groups -OCH3 is 1. The first kappa shape index (κ1) is 12.3. The molecule has 0 saturated carbocycles. The lowest BCUT2D eigenvalue weighted by atomic mass is 10.2. The van der Waals surface area contributed by atoms with Crippen molar-refractivity contribution in [1.82, 2.24) is 10.6 Å². The third-order valence-corrected chi connectivity index (χ3v) is 2.59. The summed E-state index contributed by atoms with van der Waals surface area (Å²) in [6.07, 6.45) is 5.36. The first-order valence-electron chi connectivity index (χ1n) is 5.34. The van der Waals surface area contributed by atoms with Crippen molar-refractivity contribution < 1.29 is 9.53 Å². The Hall–Kier alpha value is -2.14. The van der Waals surface area contributed by atoms with E-state index in [1.54, 1.807) is 19.3 Å². The zero-order valence-corrected chi connectivity index (χ0v) is 10.6. The number of hydrogen-bond acceptors (Lipinski definition) is 3. The Morgan fingerprint density at radius 3 is 2.50 bits per heavy atom. The van der Waals surface area contributed by atoms with Crippen LogP contribution in [0.3, 0.4) is 0 Å². The average Bonchev–Trinajstić information content (AvgIpc) is 2.69. The van der Waals surface area contributed by atoms with Gasteiger partial charge in [-0.2, -0.15) is 0 Å². The van der Waals surface area contributed by atoms with Crippen LogP contribution in [0.5, 0.6) is 5.75 Å². The number of carbonyl (C=O) groups excluding carboxylic acids is 1. The molecule has 0 spiro atoms. The summed E-state index contributed by atoms with van der Waals surface area (Å²) in [6.45, 7) is 0. The SMILES string of the molecule is COc1ccc(/C=C/C=C2\NC(=S)NC2=O)cc1. The maximum Gasteiger partial charge on any atom is 0.273 e. The van der Waals surface area contributed by atoms with Gasteiger partial charge in [0, 0.05) is 0 Å². The maximum absolute atomic E-state index is 11.3. The number of hydrogen-bond donors (Lipinski definition) is 2. The average molecular weight is 260 g/mol. The summed E-state index contributed by atoms with van der Waals surface area (Å²) in [5.41, 5.74) is 1.47. The molecule has 0 atom stereocenters. The van der Waals surface area contributed by atoms with Crippen molar-refractivity contribution in [2.45, 2.75) is 0 Å². The van der Waals surface area contributed by atoms with Crippen molar-refractivity contribution in [2.75, 3.05) is 7.11 Å². The molecule has 1 amide bonds. The Morgan fingerprint density at radius 1 is 1.22 bits per heavy atom. The molecule has 0 unspecified atom stereocenters. The quantitative estimate of drug-likeness (QED) is 0.640. The van der Waals surface area contributed by atoms with Crippen molar-refractivity contribution in [3.05, 3.63) is 47.7 Å². The minimum absolute atomic E-state index is 0.209. The number of amides is 1. The summed E-state index contributed by atoms with van der Waals surface area (Å²) in [6, 6.07) is 7.62. The highest BCUT2D eigenvalue weighted by atomic mass is 32.1. The summed E-state index contributed by atoms with van der Waals surface area (Å²) in [5.74, 6) is 0.604. The number of thiocarbonyl (C=S) groups is 1. The lowest BCUT2D eigenvalue weighted by Gasteiger charge is -1.98. The van der Waals surface area contributed by atoms with Crippen LogP contribution in [-0.4, -0.2) is 18.1 Å². The zero-order chi connectivity index (χ0) is 13.0. The number of allylic oxidation sites excluding steroid dienone is 2. The fourth-order valence-electron chi connectivity index (χ4n) is 1.47. The van der Waals surface area contributed by atoms with Crippen molar-refractivity contribution in [2.24, 2.45) is 0 Å². The molecule has 0 aromatic heterocycles. The molecule has 4 nitrogen and oxygen atoms in total. The fraction of sp³-hybridized carbons (Fsp3) is 0.0769. The number of rotatable bonds is 3. The number of nitrogens with one attached hydrogen (secondary N) is 2. The fourth-order valence-corrected chi connectivity index (χ4v) is 1.67. The molecule has 1 aliphatic heterocycles. The molecule has 1 saturated heterocycles. The first-order chi connectivity index (χ1) is 8.69. The third kappa shape index (κ3) is 2.95. The van der Waals surface area contributed by atoms with Gasteiger partial charge >= 0.3 is 0 Å². The van der Waals surface area contributed by atoms with Gasteiger partial charge in [0.15, 0.2) is 5.11 Å². The lowest BCUT2D eigenvalue weighted by molar-refractivity contribution is -0.115. The maximum atomic E-state index is 11.3. The van der Waals surface area contributed by atoms with Gasteiger partial charge in [-0.3, -0.25) is 10.1 Å². The van der Waals surface area contributed by atoms with E-state index in [1.807, 2.05) is 30.3 Å². The number of ether oxygens (including phenoxy) is 1. The lowest BCUT2D eigenvalue weighted by Crippen LogP contribution is -2.21. The Balaban J connectivity index is 2.04. The van der Waals surface area contributed by atoms with Crippen molar-refractivity contribution in [3.8, 4) is 5.75 Å². The molecule has 1 aromatic rings. The van der Waals surface area contributed by atoms with E-state index in [1.165, 1.54) is 0 Å². The molecule has 0 aliphatic carbocycles. The topological polar surface area (TPSA) is 50.4 Å². The third-order valence-electron chi connectivity index (χ3n) is 2.39. The minimum atomic E-state index is -0.209. The highest BCUT2D eigenvalue weighted by Crippen LogP contribution is 2.12. The number of benzene rings is 1. The van der Waals surface area contributed by atoms with Crippen molar-refractivity contribution in [3.63, 3.8) is 0 Å². The normalized spacial score (nSPS) is 17.1. The van der Waals surface area contributed by atoms with Crippen LogP contribution < -0.4 is 15.4 Å². The van der Waals surface area contributed by atoms with Gasteiger partial charge in [-0.15, -0.1) is 0 Å².